The van der Waals surface area contributed by atoms with E-state index in [-0.39, 0.29) is 11.7 Å². The van der Waals surface area contributed by atoms with Gasteiger partial charge in [0.25, 0.3) is 5.91 Å². The summed E-state index contributed by atoms with van der Waals surface area (Å²) in [6, 6.07) is 11.8. The second-order valence-electron chi connectivity index (χ2n) is 11.0. The number of sulfonamides is 1. The predicted octanol–water partition coefficient (Wildman–Crippen LogP) is 4.71. The molecular formula is C30H36F3N5O5S. The molecule has 0 radical (unpaired) electrons. The molecule has 14 heteroatoms. The number of piperidine rings is 1. The van der Waals surface area contributed by atoms with Gasteiger partial charge in [-0.05, 0) is 90.7 Å². The highest BCUT2D eigenvalue weighted by Crippen LogP contribution is 2.37. The Morgan fingerprint density at radius 2 is 1.77 bits per heavy atom. The quantitative estimate of drug-likeness (QED) is 0.264. The van der Waals surface area contributed by atoms with Crippen LogP contribution >= 0.6 is 0 Å². The SMILES string of the molecule is CCS(=O)(=O)N1CCC(c2c[nH]c3c(C(N)=O)cc(-c4cc(C#N)cc(CNCC(C)C)c4)cc23)CC1.O=C(O)C(F)(F)F. The Bertz CT molecular complexity index is 1650. The van der Waals surface area contributed by atoms with Gasteiger partial charge in [-0.3, -0.25) is 4.79 Å². The number of nitrogens with zero attached hydrogens (tertiary/aromatic N) is 2. The number of carboxylic acids is 1. The summed E-state index contributed by atoms with van der Waals surface area (Å²) < 4.78 is 57.9. The molecule has 238 valence electrons. The molecule has 0 unspecified atom stereocenters. The summed E-state index contributed by atoms with van der Waals surface area (Å²) in [4.78, 5) is 24.6. The third-order valence-electron chi connectivity index (χ3n) is 7.32. The van der Waals surface area contributed by atoms with Crippen LogP contribution < -0.4 is 11.1 Å². The van der Waals surface area contributed by atoms with Crippen LogP contribution in [0, 0.1) is 17.2 Å². The van der Waals surface area contributed by atoms with Gasteiger partial charge in [-0.1, -0.05) is 13.8 Å². The van der Waals surface area contributed by atoms with Crippen molar-refractivity contribution in [3.63, 3.8) is 0 Å². The van der Waals surface area contributed by atoms with Crippen LogP contribution in [0.25, 0.3) is 22.0 Å². The molecule has 1 saturated heterocycles. The number of carbonyl (C=O) groups excluding carboxylic acids is 1. The van der Waals surface area contributed by atoms with Crippen molar-refractivity contribution < 1.29 is 36.3 Å². The first-order valence-corrected chi connectivity index (χ1v) is 15.7. The van der Waals surface area contributed by atoms with Crippen LogP contribution in [0.4, 0.5) is 13.2 Å². The van der Waals surface area contributed by atoms with Gasteiger partial charge in [0.1, 0.15) is 0 Å². The topological polar surface area (TPSA) is 169 Å². The molecule has 5 N–H and O–H groups in total. The zero-order valence-corrected chi connectivity index (χ0v) is 25.5. The number of carboxylic acid groups (broad SMARTS) is 1. The van der Waals surface area contributed by atoms with E-state index in [4.69, 9.17) is 15.6 Å². The first-order valence-electron chi connectivity index (χ1n) is 14.0. The number of nitriles is 1. The summed E-state index contributed by atoms with van der Waals surface area (Å²) in [6.45, 7) is 8.42. The Morgan fingerprint density at radius 1 is 1.16 bits per heavy atom. The van der Waals surface area contributed by atoms with Gasteiger partial charge in [-0.2, -0.15) is 18.4 Å². The number of rotatable bonds is 9. The van der Waals surface area contributed by atoms with E-state index in [1.807, 2.05) is 30.5 Å². The maximum Gasteiger partial charge on any atom is 0.490 e. The fourth-order valence-electron chi connectivity index (χ4n) is 5.11. The van der Waals surface area contributed by atoms with Crippen molar-refractivity contribution in [3.05, 3.63) is 58.8 Å². The number of H-pyrrole nitrogens is 1. The predicted molar refractivity (Wildman–Crippen MR) is 160 cm³/mol. The minimum atomic E-state index is -5.08. The summed E-state index contributed by atoms with van der Waals surface area (Å²) in [5, 5.41) is 21.1. The second kappa shape index (κ2) is 14.2. The third kappa shape index (κ3) is 8.58. The number of aromatic nitrogens is 1. The summed E-state index contributed by atoms with van der Waals surface area (Å²) in [5.74, 6) is -2.51. The third-order valence-corrected chi connectivity index (χ3v) is 9.20. The van der Waals surface area contributed by atoms with Gasteiger partial charge >= 0.3 is 12.1 Å². The molecule has 1 amide bonds. The van der Waals surface area contributed by atoms with E-state index in [0.29, 0.717) is 55.0 Å². The molecule has 0 bridgehead atoms. The number of aromatic amines is 1. The molecule has 0 saturated carbocycles. The number of fused-ring (bicyclic) bond motifs is 1. The Labute approximate surface area is 254 Å². The largest absolute Gasteiger partial charge is 0.490 e. The molecule has 0 atom stereocenters. The van der Waals surface area contributed by atoms with Crippen LogP contribution in [0.5, 0.6) is 0 Å². The fraction of sp³-hybridized carbons (Fsp3) is 0.433. The highest BCUT2D eigenvalue weighted by atomic mass is 32.2. The Kier molecular flexibility index (Phi) is 11.2. The molecule has 2 aromatic carbocycles. The van der Waals surface area contributed by atoms with E-state index in [1.54, 1.807) is 17.3 Å². The Morgan fingerprint density at radius 3 is 2.30 bits per heavy atom. The van der Waals surface area contributed by atoms with Gasteiger partial charge in [0.2, 0.25) is 10.0 Å². The van der Waals surface area contributed by atoms with Crippen molar-refractivity contribution in [3.8, 4) is 17.2 Å². The molecule has 1 aliphatic rings. The number of halogens is 3. The minimum absolute atomic E-state index is 0.104. The lowest BCUT2D eigenvalue weighted by atomic mass is 9.88. The summed E-state index contributed by atoms with van der Waals surface area (Å²) >= 11 is 0. The van der Waals surface area contributed by atoms with Crippen LogP contribution in [-0.4, -0.2) is 66.3 Å². The number of primary amides is 1. The lowest BCUT2D eigenvalue weighted by molar-refractivity contribution is -0.192. The van der Waals surface area contributed by atoms with Crippen molar-refractivity contribution in [2.75, 3.05) is 25.4 Å². The van der Waals surface area contributed by atoms with E-state index in [2.05, 4.69) is 30.2 Å². The lowest BCUT2D eigenvalue weighted by Crippen LogP contribution is -2.38. The van der Waals surface area contributed by atoms with Crippen LogP contribution in [-0.2, 0) is 21.4 Å². The number of nitrogens with two attached hydrogens (primary N) is 1. The summed E-state index contributed by atoms with van der Waals surface area (Å²) in [6.07, 6.45) is -1.75. The van der Waals surface area contributed by atoms with E-state index in [0.717, 1.165) is 34.2 Å². The maximum atomic E-state index is 12.4. The average Bonchev–Trinajstić information content (AvgIpc) is 3.40. The molecule has 44 heavy (non-hydrogen) atoms. The molecule has 0 spiro atoms. The van der Waals surface area contributed by atoms with Crippen LogP contribution in [0.3, 0.4) is 0 Å². The number of amides is 1. The number of carbonyl (C=O) groups is 2. The summed E-state index contributed by atoms with van der Waals surface area (Å²) in [7, 11) is -3.21. The van der Waals surface area contributed by atoms with E-state index < -0.39 is 28.1 Å². The minimum Gasteiger partial charge on any atom is -0.475 e. The number of hydrogen-bond donors (Lipinski definition) is 4. The highest BCUT2D eigenvalue weighted by molar-refractivity contribution is 7.89. The second-order valence-corrected chi connectivity index (χ2v) is 13.2. The van der Waals surface area contributed by atoms with Crippen molar-refractivity contribution in [1.82, 2.24) is 14.6 Å². The van der Waals surface area contributed by atoms with E-state index in [9.17, 15) is 31.6 Å². The Hall–Kier alpha value is -3.93. The number of aliphatic carboxylic acids is 1. The smallest absolute Gasteiger partial charge is 0.475 e. The van der Waals surface area contributed by atoms with Gasteiger partial charge in [0.15, 0.2) is 0 Å². The molecular weight excluding hydrogens is 599 g/mol. The maximum absolute atomic E-state index is 12.4. The molecule has 4 rings (SSSR count). The first-order chi connectivity index (χ1) is 20.6. The van der Waals surface area contributed by atoms with E-state index in [1.165, 1.54) is 0 Å². The fourth-order valence-corrected chi connectivity index (χ4v) is 6.24. The zero-order chi connectivity index (χ0) is 32.8. The zero-order valence-electron chi connectivity index (χ0n) is 24.7. The average molecular weight is 636 g/mol. The molecule has 2 heterocycles. The van der Waals surface area contributed by atoms with Crippen LogP contribution in [0.15, 0.2) is 36.5 Å². The number of alkyl halides is 3. The van der Waals surface area contributed by atoms with Crippen molar-refractivity contribution in [1.29, 1.82) is 5.26 Å². The van der Waals surface area contributed by atoms with Gasteiger partial charge in [-0.15, -0.1) is 0 Å². The van der Waals surface area contributed by atoms with E-state index >= 15 is 0 Å². The normalized spacial score (nSPS) is 14.7. The van der Waals surface area contributed by atoms with Crippen LogP contribution in [0.2, 0.25) is 0 Å². The first kappa shape index (κ1) is 34.6. The standard InChI is InChI=1S/C28H35N5O3S.C2HF3O2/c1-4-37(35,36)33-7-5-21(6-8-33)26-17-32-27-24(26)12-23(13-25(27)28(30)34)22-10-19(14-29)9-20(11-22)16-31-15-18(2)3;3-2(4,5)1(6)7/h9-13,17-18,21,31-32H,4-8,15-16H2,1-3H3,(H2,30,34);(H,6,7). The molecule has 3 aromatic rings. The van der Waals surface area contributed by atoms with Crippen LogP contribution in [0.1, 0.15) is 66.6 Å². The molecule has 1 aromatic heterocycles. The Balaban J connectivity index is 0.000000676. The molecule has 1 aliphatic heterocycles. The monoisotopic (exact) mass is 635 g/mol. The van der Waals surface area contributed by atoms with Gasteiger partial charge < -0.3 is 21.1 Å². The number of hydrogen-bond acceptors (Lipinski definition) is 6. The molecule has 10 nitrogen and oxygen atoms in total. The van der Waals surface area contributed by atoms with Crippen molar-refractivity contribution >= 4 is 32.8 Å². The molecule has 0 aliphatic carbocycles. The summed E-state index contributed by atoms with van der Waals surface area (Å²) in [5.41, 5.74) is 11.1. The van der Waals surface area contributed by atoms with Crippen molar-refractivity contribution in [2.45, 2.75) is 52.3 Å². The van der Waals surface area contributed by atoms with Gasteiger partial charge in [0, 0.05) is 31.2 Å². The molecule has 1 fully saturated rings. The number of benzene rings is 2. The van der Waals surface area contributed by atoms with Gasteiger partial charge in [0.05, 0.1) is 28.5 Å². The highest BCUT2D eigenvalue weighted by Gasteiger charge is 2.38. The number of nitrogens with one attached hydrogen (secondary N) is 2. The van der Waals surface area contributed by atoms with Gasteiger partial charge in [-0.25, -0.2) is 17.5 Å². The lowest BCUT2D eigenvalue weighted by Gasteiger charge is -2.31. The van der Waals surface area contributed by atoms with Crippen molar-refractivity contribution in [2.24, 2.45) is 11.7 Å².